The summed E-state index contributed by atoms with van der Waals surface area (Å²) in [5.41, 5.74) is 8.89. The number of halogens is 1. The topological polar surface area (TPSA) is 38.0 Å². The van der Waals surface area contributed by atoms with Crippen LogP contribution in [0.4, 0.5) is 11.4 Å². The molecule has 2 aromatic rings. The van der Waals surface area contributed by atoms with Crippen LogP contribution in [0.3, 0.4) is 0 Å². The Labute approximate surface area is 110 Å². The van der Waals surface area contributed by atoms with E-state index in [1.165, 1.54) is 5.56 Å². The van der Waals surface area contributed by atoms with Gasteiger partial charge in [-0.05, 0) is 30.7 Å². The number of benzene rings is 2. The summed E-state index contributed by atoms with van der Waals surface area (Å²) in [4.78, 5) is 0. The quantitative estimate of drug-likeness (QED) is 0.831. The molecular formula is C14H15BrN2. The first-order chi connectivity index (χ1) is 8.16. The van der Waals surface area contributed by atoms with Gasteiger partial charge in [-0.15, -0.1) is 0 Å². The molecule has 2 rings (SSSR count). The van der Waals surface area contributed by atoms with Gasteiger partial charge in [-0.25, -0.2) is 0 Å². The molecule has 0 aliphatic heterocycles. The highest BCUT2D eigenvalue weighted by Crippen LogP contribution is 2.27. The van der Waals surface area contributed by atoms with Gasteiger partial charge < -0.3 is 11.1 Å². The molecule has 0 saturated heterocycles. The Hall–Kier alpha value is -1.48. The van der Waals surface area contributed by atoms with Crippen LogP contribution in [0.2, 0.25) is 0 Å². The molecule has 1 unspecified atom stereocenters. The van der Waals surface area contributed by atoms with E-state index in [-0.39, 0.29) is 6.04 Å². The van der Waals surface area contributed by atoms with Crippen molar-refractivity contribution >= 4 is 27.3 Å². The Morgan fingerprint density at radius 3 is 2.53 bits per heavy atom. The summed E-state index contributed by atoms with van der Waals surface area (Å²) in [6.45, 7) is 2.12. The van der Waals surface area contributed by atoms with Crippen LogP contribution in [0, 0.1) is 0 Å². The maximum absolute atomic E-state index is 5.93. The average Bonchev–Trinajstić information content (AvgIpc) is 2.35. The second kappa shape index (κ2) is 5.23. The molecule has 0 saturated carbocycles. The molecule has 0 heterocycles. The van der Waals surface area contributed by atoms with Crippen molar-refractivity contribution in [3.63, 3.8) is 0 Å². The van der Waals surface area contributed by atoms with Gasteiger partial charge in [0.2, 0.25) is 0 Å². The lowest BCUT2D eigenvalue weighted by atomic mass is 10.1. The number of nitrogens with two attached hydrogens (primary N) is 1. The molecule has 0 aromatic heterocycles. The summed E-state index contributed by atoms with van der Waals surface area (Å²) in [6, 6.07) is 16.4. The van der Waals surface area contributed by atoms with Crippen molar-refractivity contribution in [2.24, 2.45) is 0 Å². The predicted molar refractivity (Wildman–Crippen MR) is 77.0 cm³/mol. The van der Waals surface area contributed by atoms with E-state index in [1.807, 2.05) is 36.4 Å². The fourth-order valence-electron chi connectivity index (χ4n) is 1.71. The largest absolute Gasteiger partial charge is 0.397 e. The SMILES string of the molecule is CC(Nc1cc(Br)ccc1N)c1ccccc1. The molecule has 3 N–H and O–H groups in total. The number of hydrogen-bond donors (Lipinski definition) is 2. The number of nitrogen functional groups attached to an aromatic ring is 1. The molecule has 2 aromatic carbocycles. The maximum atomic E-state index is 5.93. The lowest BCUT2D eigenvalue weighted by molar-refractivity contribution is 0.885. The van der Waals surface area contributed by atoms with Crippen molar-refractivity contribution in [2.45, 2.75) is 13.0 Å². The van der Waals surface area contributed by atoms with E-state index < -0.39 is 0 Å². The zero-order chi connectivity index (χ0) is 12.3. The lowest BCUT2D eigenvalue weighted by Crippen LogP contribution is -2.08. The molecule has 17 heavy (non-hydrogen) atoms. The highest BCUT2D eigenvalue weighted by molar-refractivity contribution is 9.10. The van der Waals surface area contributed by atoms with Crippen molar-refractivity contribution in [1.29, 1.82) is 0 Å². The van der Waals surface area contributed by atoms with Crippen molar-refractivity contribution in [1.82, 2.24) is 0 Å². The van der Waals surface area contributed by atoms with E-state index in [9.17, 15) is 0 Å². The second-order valence-corrected chi connectivity index (χ2v) is 4.92. The van der Waals surface area contributed by atoms with E-state index in [0.29, 0.717) is 0 Å². The number of rotatable bonds is 3. The molecule has 3 heteroatoms. The molecule has 0 bridgehead atoms. The first-order valence-electron chi connectivity index (χ1n) is 5.53. The minimum absolute atomic E-state index is 0.229. The Morgan fingerprint density at radius 2 is 1.82 bits per heavy atom. The number of nitrogens with one attached hydrogen (secondary N) is 1. The van der Waals surface area contributed by atoms with Crippen LogP contribution < -0.4 is 11.1 Å². The fraction of sp³-hybridized carbons (Fsp3) is 0.143. The number of anilines is 2. The van der Waals surface area contributed by atoms with E-state index >= 15 is 0 Å². The molecule has 0 spiro atoms. The summed E-state index contributed by atoms with van der Waals surface area (Å²) < 4.78 is 1.02. The molecule has 1 atom stereocenters. The molecule has 0 aliphatic rings. The van der Waals surface area contributed by atoms with Gasteiger partial charge in [0.15, 0.2) is 0 Å². The van der Waals surface area contributed by atoms with Crippen LogP contribution in [0.15, 0.2) is 53.0 Å². The third-order valence-corrected chi connectivity index (χ3v) is 3.18. The summed E-state index contributed by atoms with van der Waals surface area (Å²) in [5.74, 6) is 0. The Morgan fingerprint density at radius 1 is 1.12 bits per heavy atom. The van der Waals surface area contributed by atoms with E-state index in [1.54, 1.807) is 0 Å². The van der Waals surface area contributed by atoms with E-state index in [4.69, 9.17) is 5.73 Å². The molecular weight excluding hydrogens is 276 g/mol. The van der Waals surface area contributed by atoms with Gasteiger partial charge in [0.25, 0.3) is 0 Å². The van der Waals surface area contributed by atoms with Crippen LogP contribution in [0.5, 0.6) is 0 Å². The fourth-order valence-corrected chi connectivity index (χ4v) is 2.07. The first-order valence-corrected chi connectivity index (χ1v) is 6.32. The highest BCUT2D eigenvalue weighted by Gasteiger charge is 2.06. The minimum Gasteiger partial charge on any atom is -0.397 e. The number of hydrogen-bond acceptors (Lipinski definition) is 2. The first kappa shape index (κ1) is 12.0. The molecule has 2 nitrogen and oxygen atoms in total. The van der Waals surface area contributed by atoms with Gasteiger partial charge >= 0.3 is 0 Å². The van der Waals surface area contributed by atoms with Gasteiger partial charge in [0.05, 0.1) is 11.4 Å². The van der Waals surface area contributed by atoms with Gasteiger partial charge in [0.1, 0.15) is 0 Å². The zero-order valence-corrected chi connectivity index (χ0v) is 11.2. The van der Waals surface area contributed by atoms with Crippen molar-refractivity contribution in [2.75, 3.05) is 11.1 Å². The lowest BCUT2D eigenvalue weighted by Gasteiger charge is -2.17. The monoisotopic (exact) mass is 290 g/mol. The van der Waals surface area contributed by atoms with Crippen molar-refractivity contribution in [3.8, 4) is 0 Å². The van der Waals surface area contributed by atoms with Crippen LogP contribution in [-0.4, -0.2) is 0 Å². The smallest absolute Gasteiger partial charge is 0.0589 e. The van der Waals surface area contributed by atoms with Crippen LogP contribution >= 0.6 is 15.9 Å². The van der Waals surface area contributed by atoms with Crippen molar-refractivity contribution in [3.05, 3.63) is 58.6 Å². The van der Waals surface area contributed by atoms with Gasteiger partial charge in [-0.1, -0.05) is 46.3 Å². The summed E-state index contributed by atoms with van der Waals surface area (Å²) >= 11 is 3.45. The average molecular weight is 291 g/mol. The summed E-state index contributed by atoms with van der Waals surface area (Å²) in [5, 5.41) is 3.41. The van der Waals surface area contributed by atoms with Gasteiger partial charge in [-0.3, -0.25) is 0 Å². The molecule has 0 aliphatic carbocycles. The molecule has 0 amide bonds. The normalized spacial score (nSPS) is 12.1. The minimum atomic E-state index is 0.229. The summed E-state index contributed by atoms with van der Waals surface area (Å²) in [6.07, 6.45) is 0. The van der Waals surface area contributed by atoms with Gasteiger partial charge in [0, 0.05) is 10.5 Å². The third kappa shape index (κ3) is 3.01. The van der Waals surface area contributed by atoms with Crippen LogP contribution in [0.25, 0.3) is 0 Å². The van der Waals surface area contributed by atoms with Crippen molar-refractivity contribution < 1.29 is 0 Å². The van der Waals surface area contributed by atoms with E-state index in [0.717, 1.165) is 15.8 Å². The molecule has 0 fully saturated rings. The van der Waals surface area contributed by atoms with E-state index in [2.05, 4.69) is 40.3 Å². The van der Waals surface area contributed by atoms with Crippen LogP contribution in [-0.2, 0) is 0 Å². The molecule has 0 radical (unpaired) electrons. The predicted octanol–water partition coefficient (Wildman–Crippen LogP) is 4.20. The third-order valence-electron chi connectivity index (χ3n) is 2.69. The highest BCUT2D eigenvalue weighted by atomic mass is 79.9. The molecule has 88 valence electrons. The summed E-state index contributed by atoms with van der Waals surface area (Å²) in [7, 11) is 0. The Bertz CT molecular complexity index is 497. The van der Waals surface area contributed by atoms with Gasteiger partial charge in [-0.2, -0.15) is 0 Å². The standard InChI is InChI=1S/C14H15BrN2/c1-10(11-5-3-2-4-6-11)17-14-9-12(15)7-8-13(14)16/h2-10,17H,16H2,1H3. The second-order valence-electron chi connectivity index (χ2n) is 4.01. The maximum Gasteiger partial charge on any atom is 0.0589 e. The Balaban J connectivity index is 2.18. The Kier molecular flexibility index (Phi) is 3.69. The van der Waals surface area contributed by atoms with Crippen LogP contribution in [0.1, 0.15) is 18.5 Å². The zero-order valence-electron chi connectivity index (χ0n) is 9.65.